The van der Waals surface area contributed by atoms with Gasteiger partial charge in [0.1, 0.15) is 30.4 Å². The van der Waals surface area contributed by atoms with Crippen LogP contribution in [0.15, 0.2) is 71.0 Å². The van der Waals surface area contributed by atoms with Crippen LogP contribution in [0.2, 0.25) is 0 Å². The number of ether oxygens (including phenoxy) is 2. The van der Waals surface area contributed by atoms with Crippen molar-refractivity contribution in [1.29, 1.82) is 0 Å². The van der Waals surface area contributed by atoms with Crippen molar-refractivity contribution < 1.29 is 22.9 Å². The highest BCUT2D eigenvalue weighted by Crippen LogP contribution is 2.33. The Balaban J connectivity index is 1.44. The van der Waals surface area contributed by atoms with Gasteiger partial charge in [0.25, 0.3) is 0 Å². The third-order valence-corrected chi connectivity index (χ3v) is 7.33. The molecule has 0 aliphatic heterocycles. The number of halogens is 1. The van der Waals surface area contributed by atoms with E-state index in [2.05, 4.69) is 25.5 Å². The normalized spacial score (nSPS) is 12.9. The largest absolute Gasteiger partial charge is 0.485 e. The Morgan fingerprint density at radius 1 is 1.15 bits per heavy atom. The Morgan fingerprint density at radius 3 is 2.68 bits per heavy atom. The van der Waals surface area contributed by atoms with Crippen molar-refractivity contribution in [2.24, 2.45) is 0 Å². The van der Waals surface area contributed by atoms with Crippen LogP contribution in [0.5, 0.6) is 5.75 Å². The number of nitrogens with one attached hydrogen (secondary N) is 1. The molecule has 212 valence electrons. The van der Waals surface area contributed by atoms with Crippen LogP contribution in [0.4, 0.5) is 16.0 Å². The van der Waals surface area contributed by atoms with E-state index in [4.69, 9.17) is 9.47 Å². The maximum absolute atomic E-state index is 15.1. The molecule has 2 atom stereocenters. The van der Waals surface area contributed by atoms with Gasteiger partial charge in [0.05, 0.1) is 28.8 Å². The molecule has 2 aromatic carbocycles. The van der Waals surface area contributed by atoms with Gasteiger partial charge < -0.3 is 14.8 Å². The van der Waals surface area contributed by atoms with Gasteiger partial charge in [-0.2, -0.15) is 14.6 Å². The number of aldehydes is 1. The Bertz CT molecular complexity index is 1740. The molecular weight excluding hydrogens is 549 g/mol. The first-order chi connectivity index (χ1) is 19.8. The van der Waals surface area contributed by atoms with Crippen LogP contribution >= 0.6 is 0 Å². The quantitative estimate of drug-likeness (QED) is 0.211. The molecule has 0 fully saturated rings. The van der Waals surface area contributed by atoms with Gasteiger partial charge in [0.15, 0.2) is 5.75 Å². The van der Waals surface area contributed by atoms with E-state index in [1.54, 1.807) is 35.1 Å². The predicted octanol–water partition coefficient (Wildman–Crippen LogP) is 5.19. The molecule has 0 radical (unpaired) electrons. The number of carbonyl (C=O) groups excluding carboxylic acids is 1. The fourth-order valence-electron chi connectivity index (χ4n) is 4.09. The summed E-state index contributed by atoms with van der Waals surface area (Å²) in [5.74, 6) is -0.130. The van der Waals surface area contributed by atoms with Crippen LogP contribution < -0.4 is 10.1 Å². The molecule has 0 bridgehead atoms. The molecule has 0 spiro atoms. The van der Waals surface area contributed by atoms with Crippen molar-refractivity contribution in [3.8, 4) is 17.0 Å². The number of anilines is 2. The van der Waals surface area contributed by atoms with Gasteiger partial charge in [-0.05, 0) is 58.0 Å². The second-order valence-corrected chi connectivity index (χ2v) is 10.8. The average molecular weight is 578 g/mol. The fourth-order valence-corrected chi connectivity index (χ4v) is 5.21. The second-order valence-electron chi connectivity index (χ2n) is 9.28. The van der Waals surface area contributed by atoms with Crippen molar-refractivity contribution >= 4 is 34.4 Å². The number of hydrogen-bond donors (Lipinski definition) is 1. The van der Waals surface area contributed by atoms with Gasteiger partial charge >= 0.3 is 0 Å². The van der Waals surface area contributed by atoms with Crippen LogP contribution in [-0.2, 0) is 15.5 Å². The maximum atomic E-state index is 15.1. The van der Waals surface area contributed by atoms with Crippen LogP contribution in [0, 0.1) is 5.82 Å². The highest BCUT2D eigenvalue weighted by Gasteiger charge is 2.21. The summed E-state index contributed by atoms with van der Waals surface area (Å²) in [6.45, 7) is 8.14. The molecule has 0 amide bonds. The lowest BCUT2D eigenvalue weighted by Crippen LogP contribution is -2.10. The van der Waals surface area contributed by atoms with E-state index in [1.165, 1.54) is 29.0 Å². The lowest BCUT2D eigenvalue weighted by atomic mass is 10.2. The summed E-state index contributed by atoms with van der Waals surface area (Å²) in [4.78, 5) is 20.8. The van der Waals surface area contributed by atoms with Gasteiger partial charge in [0.2, 0.25) is 11.6 Å². The van der Waals surface area contributed by atoms with Crippen molar-refractivity contribution in [3.63, 3.8) is 0 Å². The van der Waals surface area contributed by atoms with E-state index < -0.39 is 16.6 Å². The van der Waals surface area contributed by atoms with Crippen LogP contribution in [0.1, 0.15) is 44.3 Å². The van der Waals surface area contributed by atoms with E-state index >= 15 is 4.39 Å². The van der Waals surface area contributed by atoms with Crippen molar-refractivity contribution in [3.05, 3.63) is 72.6 Å². The molecule has 13 heteroatoms. The summed E-state index contributed by atoms with van der Waals surface area (Å²) in [6.07, 6.45) is 5.21. The molecule has 3 aromatic heterocycles. The summed E-state index contributed by atoms with van der Waals surface area (Å²) >= 11 is 0. The fraction of sp³-hybridized carbons (Fsp3) is 0.250. The number of benzene rings is 2. The molecule has 0 saturated heterocycles. The summed E-state index contributed by atoms with van der Waals surface area (Å²) in [7, 11) is -1.67. The zero-order valence-electron chi connectivity index (χ0n) is 22.8. The third-order valence-electron chi connectivity index (χ3n) is 5.96. The number of hydrogen-bond acceptors (Lipinski definition) is 9. The number of aromatic nitrogens is 6. The van der Waals surface area contributed by atoms with Crippen molar-refractivity contribution in [2.45, 2.75) is 49.8 Å². The van der Waals surface area contributed by atoms with E-state index in [9.17, 15) is 9.00 Å². The first kappa shape index (κ1) is 28.1. The molecule has 0 aliphatic rings. The molecule has 5 rings (SSSR count). The molecule has 5 aromatic rings. The minimum atomic E-state index is -1.67. The zero-order chi connectivity index (χ0) is 29.1. The lowest BCUT2D eigenvalue weighted by Gasteiger charge is -2.13. The van der Waals surface area contributed by atoms with E-state index in [1.807, 2.05) is 33.9 Å². The molecule has 3 heterocycles. The van der Waals surface area contributed by atoms with Gasteiger partial charge in [0, 0.05) is 33.7 Å². The van der Waals surface area contributed by atoms with Crippen molar-refractivity contribution in [2.75, 3.05) is 11.9 Å². The van der Waals surface area contributed by atoms with Gasteiger partial charge in [-0.25, -0.2) is 18.3 Å². The summed E-state index contributed by atoms with van der Waals surface area (Å²) < 4.78 is 42.9. The molecule has 1 N–H and O–H groups in total. The predicted molar refractivity (Wildman–Crippen MR) is 150 cm³/mol. The average Bonchev–Trinajstić information content (AvgIpc) is 3.61. The highest BCUT2D eigenvalue weighted by molar-refractivity contribution is 7.85. The Kier molecular flexibility index (Phi) is 8.17. The first-order valence-corrected chi connectivity index (χ1v) is 14.0. The smallest absolute Gasteiger partial charge is 0.247 e. The molecule has 11 nitrogen and oxygen atoms in total. The van der Waals surface area contributed by atoms with Crippen LogP contribution in [0.3, 0.4) is 0 Å². The Labute approximate surface area is 237 Å². The van der Waals surface area contributed by atoms with E-state index in [0.29, 0.717) is 46.0 Å². The highest BCUT2D eigenvalue weighted by atomic mass is 32.2. The topological polar surface area (TPSA) is 126 Å². The molecule has 0 saturated carbocycles. The summed E-state index contributed by atoms with van der Waals surface area (Å²) in [6, 6.07) is 10.5. The van der Waals surface area contributed by atoms with Crippen LogP contribution in [-0.4, -0.2) is 52.6 Å². The minimum absolute atomic E-state index is 0.0917. The first-order valence-electron chi connectivity index (χ1n) is 12.9. The molecular formula is C28H28FN7O4S. The number of carbonyl (C=O) groups is 1. The van der Waals surface area contributed by atoms with Gasteiger partial charge in [-0.3, -0.25) is 4.79 Å². The molecule has 41 heavy (non-hydrogen) atoms. The van der Waals surface area contributed by atoms with Gasteiger partial charge in [-0.1, -0.05) is 12.1 Å². The Morgan fingerprint density at radius 2 is 1.95 bits per heavy atom. The van der Waals surface area contributed by atoms with E-state index in [-0.39, 0.29) is 28.9 Å². The minimum Gasteiger partial charge on any atom is -0.485 e. The number of rotatable bonds is 11. The van der Waals surface area contributed by atoms with Crippen LogP contribution in [0.25, 0.3) is 16.9 Å². The Hall–Kier alpha value is -4.49. The monoisotopic (exact) mass is 577 g/mol. The number of nitrogens with zero attached hydrogens (tertiary/aromatic N) is 6. The zero-order valence-corrected chi connectivity index (χ0v) is 23.6. The maximum Gasteiger partial charge on any atom is 0.247 e. The molecule has 2 unspecified atom stereocenters. The number of fused-ring (bicyclic) bond motifs is 1. The SMILES string of the molecule is CCOC(C)n1cc(-c2ncn3nc(Nc4ccc(S(=O)c5cccc(C=O)c5)cc4F)nc3c2OC(C)C)cn1. The van der Waals surface area contributed by atoms with E-state index in [0.717, 1.165) is 0 Å². The van der Waals surface area contributed by atoms with Gasteiger partial charge in [-0.15, -0.1) is 5.10 Å². The van der Waals surface area contributed by atoms with Crippen molar-refractivity contribution in [1.82, 2.24) is 29.4 Å². The standard InChI is InChI=1S/C28H28FN7O4S/c1-5-39-18(4)35-14-20(13-31-35)25-26(40-17(2)3)27-33-28(34-36(27)16-30-25)32-24-10-9-22(12-23(24)29)41(38)21-8-6-7-19(11-21)15-37/h6-18H,5H2,1-4H3,(H,32,34). The summed E-state index contributed by atoms with van der Waals surface area (Å²) in [5.41, 5.74) is 2.09. The molecule has 0 aliphatic carbocycles. The third kappa shape index (κ3) is 6.00. The summed E-state index contributed by atoms with van der Waals surface area (Å²) in [5, 5.41) is 11.7. The second kappa shape index (κ2) is 11.9. The lowest BCUT2D eigenvalue weighted by molar-refractivity contribution is 0.0160.